The van der Waals surface area contributed by atoms with E-state index in [1.807, 2.05) is 23.4 Å². The molecule has 2 aromatic heterocycles. The van der Waals surface area contributed by atoms with Crippen molar-refractivity contribution >= 4 is 28.1 Å². The van der Waals surface area contributed by atoms with Gasteiger partial charge in [-0.1, -0.05) is 6.08 Å². The maximum absolute atomic E-state index is 11.3. The highest BCUT2D eigenvalue weighted by molar-refractivity contribution is 7.15. The molecule has 96 valence electrons. The Kier molecular flexibility index (Phi) is 3.66. The van der Waals surface area contributed by atoms with Crippen molar-refractivity contribution < 1.29 is 9.90 Å². The third-order valence-electron chi connectivity index (χ3n) is 2.71. The number of nitrogens with zero attached hydrogens (tertiary/aromatic N) is 3. The molecule has 18 heavy (non-hydrogen) atoms. The molecule has 0 amide bonds. The van der Waals surface area contributed by atoms with Crippen LogP contribution in [0.15, 0.2) is 24.2 Å². The molecule has 6 heteroatoms. The largest absolute Gasteiger partial charge is 0.476 e. The topological polar surface area (TPSA) is 57.8 Å². The van der Waals surface area contributed by atoms with Crippen molar-refractivity contribution in [3.05, 3.63) is 29.9 Å². The van der Waals surface area contributed by atoms with E-state index in [0.29, 0.717) is 10.8 Å². The number of anilines is 1. The molecule has 0 unspecified atom stereocenters. The molecule has 2 heterocycles. The van der Waals surface area contributed by atoms with E-state index in [2.05, 4.69) is 11.6 Å². The predicted octanol–water partition coefficient (Wildman–Crippen LogP) is 2.50. The van der Waals surface area contributed by atoms with Gasteiger partial charge in [0.25, 0.3) is 0 Å². The fourth-order valence-corrected chi connectivity index (χ4v) is 2.53. The summed E-state index contributed by atoms with van der Waals surface area (Å²) in [5, 5.41) is 11.1. The van der Waals surface area contributed by atoms with E-state index in [1.54, 1.807) is 10.6 Å². The number of imidazole rings is 1. The van der Waals surface area contributed by atoms with Gasteiger partial charge in [0.15, 0.2) is 16.5 Å². The number of aromatic nitrogens is 2. The van der Waals surface area contributed by atoms with Gasteiger partial charge in [-0.3, -0.25) is 4.40 Å². The minimum Gasteiger partial charge on any atom is -0.476 e. The first kappa shape index (κ1) is 12.6. The van der Waals surface area contributed by atoms with Gasteiger partial charge in [0.05, 0.1) is 0 Å². The molecule has 0 bridgehead atoms. The Balaban J connectivity index is 2.31. The number of hydrogen-bond acceptors (Lipinski definition) is 4. The van der Waals surface area contributed by atoms with Gasteiger partial charge in [-0.15, -0.1) is 17.9 Å². The number of carboxylic acids is 1. The quantitative estimate of drug-likeness (QED) is 0.644. The number of rotatable bonds is 6. The molecule has 0 fully saturated rings. The van der Waals surface area contributed by atoms with Crippen molar-refractivity contribution in [2.45, 2.75) is 12.8 Å². The zero-order valence-corrected chi connectivity index (χ0v) is 11.0. The van der Waals surface area contributed by atoms with Crippen LogP contribution in [0.2, 0.25) is 0 Å². The van der Waals surface area contributed by atoms with E-state index in [0.717, 1.165) is 19.4 Å². The summed E-state index contributed by atoms with van der Waals surface area (Å²) < 4.78 is 1.62. The maximum Gasteiger partial charge on any atom is 0.356 e. The van der Waals surface area contributed by atoms with Gasteiger partial charge in [0.2, 0.25) is 0 Å². The van der Waals surface area contributed by atoms with Crippen LogP contribution in [-0.2, 0) is 0 Å². The number of hydrogen-bond donors (Lipinski definition) is 1. The summed E-state index contributed by atoms with van der Waals surface area (Å²) in [4.78, 5) is 18.3. The molecule has 2 rings (SSSR count). The number of aromatic carboxylic acids is 1. The van der Waals surface area contributed by atoms with Gasteiger partial charge in [-0.2, -0.15) is 0 Å². The fraction of sp³-hybridized carbons (Fsp3) is 0.333. The van der Waals surface area contributed by atoms with Crippen LogP contribution in [0.25, 0.3) is 4.96 Å². The SMILES string of the molecule is C=CCCCN(C)c1nc2sccn2c1C(=O)O. The normalized spacial score (nSPS) is 10.7. The molecular weight excluding hydrogens is 250 g/mol. The maximum atomic E-state index is 11.3. The molecule has 0 atom stereocenters. The van der Waals surface area contributed by atoms with Crippen LogP contribution in [-0.4, -0.2) is 34.1 Å². The Morgan fingerprint density at radius 3 is 3.17 bits per heavy atom. The Morgan fingerprint density at radius 2 is 2.50 bits per heavy atom. The number of thiazole rings is 1. The molecule has 0 aliphatic rings. The van der Waals surface area contributed by atoms with E-state index in [-0.39, 0.29) is 5.69 Å². The van der Waals surface area contributed by atoms with Crippen LogP contribution >= 0.6 is 11.3 Å². The van der Waals surface area contributed by atoms with Crippen molar-refractivity contribution in [3.8, 4) is 0 Å². The van der Waals surface area contributed by atoms with E-state index >= 15 is 0 Å². The smallest absolute Gasteiger partial charge is 0.356 e. The first-order valence-electron chi connectivity index (χ1n) is 5.66. The summed E-state index contributed by atoms with van der Waals surface area (Å²) in [6.45, 7) is 4.43. The molecule has 0 saturated heterocycles. The molecule has 0 saturated carbocycles. The first-order chi connectivity index (χ1) is 8.65. The molecule has 1 N–H and O–H groups in total. The second-order valence-electron chi connectivity index (χ2n) is 4.00. The zero-order valence-electron chi connectivity index (χ0n) is 10.2. The van der Waals surface area contributed by atoms with Crippen LogP contribution in [0.3, 0.4) is 0 Å². The number of carbonyl (C=O) groups is 1. The van der Waals surface area contributed by atoms with Crippen LogP contribution in [0.1, 0.15) is 23.3 Å². The van der Waals surface area contributed by atoms with E-state index in [4.69, 9.17) is 0 Å². The van der Waals surface area contributed by atoms with E-state index < -0.39 is 5.97 Å². The van der Waals surface area contributed by atoms with Gasteiger partial charge in [0.1, 0.15) is 0 Å². The number of fused-ring (bicyclic) bond motifs is 1. The molecular formula is C12H15N3O2S. The molecule has 2 aromatic rings. The lowest BCUT2D eigenvalue weighted by Gasteiger charge is -2.16. The number of unbranched alkanes of at least 4 members (excludes halogenated alkanes) is 1. The van der Waals surface area contributed by atoms with Crippen molar-refractivity contribution in [2.75, 3.05) is 18.5 Å². The minimum atomic E-state index is -0.952. The third kappa shape index (κ3) is 2.24. The first-order valence-corrected chi connectivity index (χ1v) is 6.54. The van der Waals surface area contributed by atoms with Crippen LogP contribution < -0.4 is 4.90 Å². The second-order valence-corrected chi connectivity index (χ2v) is 4.87. The Hall–Kier alpha value is -1.82. The van der Waals surface area contributed by atoms with Crippen LogP contribution in [0.5, 0.6) is 0 Å². The second kappa shape index (κ2) is 5.22. The molecule has 0 aliphatic carbocycles. The fourth-order valence-electron chi connectivity index (χ4n) is 1.82. The van der Waals surface area contributed by atoms with Gasteiger partial charge in [-0.05, 0) is 12.8 Å². The number of carboxylic acid groups (broad SMARTS) is 1. The average molecular weight is 265 g/mol. The summed E-state index contributed by atoms with van der Waals surface area (Å²) >= 11 is 1.43. The van der Waals surface area contributed by atoms with Crippen LogP contribution in [0, 0.1) is 0 Å². The standard InChI is InChI=1S/C12H15N3O2S/c1-3-4-5-6-14(2)10-9(11(16)17)15-7-8-18-12(15)13-10/h3,7-8H,1,4-6H2,2H3,(H,16,17). The highest BCUT2D eigenvalue weighted by Gasteiger charge is 2.21. The highest BCUT2D eigenvalue weighted by Crippen LogP contribution is 2.24. The Morgan fingerprint density at radius 1 is 1.72 bits per heavy atom. The van der Waals surface area contributed by atoms with Crippen molar-refractivity contribution in [1.29, 1.82) is 0 Å². The summed E-state index contributed by atoms with van der Waals surface area (Å²) in [5.74, 6) is -0.426. The summed E-state index contributed by atoms with van der Waals surface area (Å²) in [6, 6.07) is 0. The van der Waals surface area contributed by atoms with Crippen molar-refractivity contribution in [2.24, 2.45) is 0 Å². The third-order valence-corrected chi connectivity index (χ3v) is 3.47. The molecule has 5 nitrogen and oxygen atoms in total. The predicted molar refractivity (Wildman–Crippen MR) is 72.7 cm³/mol. The van der Waals surface area contributed by atoms with Gasteiger partial charge >= 0.3 is 5.97 Å². The Labute approximate surface area is 109 Å². The molecule has 0 spiro atoms. The average Bonchev–Trinajstić information content (AvgIpc) is 2.87. The lowest BCUT2D eigenvalue weighted by Crippen LogP contribution is -2.21. The minimum absolute atomic E-state index is 0.229. The van der Waals surface area contributed by atoms with Gasteiger partial charge in [0, 0.05) is 25.2 Å². The summed E-state index contributed by atoms with van der Waals surface area (Å²) in [5.41, 5.74) is 0.229. The van der Waals surface area contributed by atoms with Crippen LogP contribution in [0.4, 0.5) is 5.82 Å². The summed E-state index contributed by atoms with van der Waals surface area (Å²) in [7, 11) is 1.86. The number of allylic oxidation sites excluding steroid dienone is 1. The lowest BCUT2D eigenvalue weighted by molar-refractivity contribution is 0.0690. The van der Waals surface area contributed by atoms with Gasteiger partial charge < -0.3 is 10.0 Å². The highest BCUT2D eigenvalue weighted by atomic mass is 32.1. The zero-order chi connectivity index (χ0) is 13.1. The molecule has 0 aliphatic heterocycles. The van der Waals surface area contributed by atoms with E-state index in [1.165, 1.54) is 11.3 Å². The monoisotopic (exact) mass is 265 g/mol. The lowest BCUT2D eigenvalue weighted by atomic mass is 10.3. The molecule has 0 aromatic carbocycles. The molecule has 0 radical (unpaired) electrons. The summed E-state index contributed by atoms with van der Waals surface area (Å²) in [6.07, 6.45) is 5.44. The van der Waals surface area contributed by atoms with E-state index in [9.17, 15) is 9.90 Å². The van der Waals surface area contributed by atoms with Crippen molar-refractivity contribution in [1.82, 2.24) is 9.38 Å². The van der Waals surface area contributed by atoms with Gasteiger partial charge in [-0.25, -0.2) is 9.78 Å². The van der Waals surface area contributed by atoms with Crippen molar-refractivity contribution in [3.63, 3.8) is 0 Å². The Bertz CT molecular complexity index is 573.